The minimum absolute atomic E-state index is 1.12. The molecule has 1 aromatic heterocycles. The normalized spacial score (nSPS) is 11.4. The molecule has 0 aliphatic rings. The molecular weight excluding hydrogens is 719 g/mol. The Bertz CT molecular complexity index is 3280. The molecule has 10 aromatic carbocycles. The number of fused-ring (bicyclic) bond motifs is 5. The van der Waals surface area contributed by atoms with Crippen LogP contribution in [0, 0.1) is 0 Å². The van der Waals surface area contributed by atoms with Crippen LogP contribution >= 0.6 is 11.3 Å². The van der Waals surface area contributed by atoms with E-state index in [1.807, 2.05) is 11.3 Å². The van der Waals surface area contributed by atoms with Gasteiger partial charge in [-0.1, -0.05) is 200 Å². The Kier molecular flexibility index (Phi) is 8.42. The predicted octanol–water partition coefficient (Wildman–Crippen LogP) is 16.5. The summed E-state index contributed by atoms with van der Waals surface area (Å²) in [5, 5.41) is 7.49. The number of anilines is 3. The van der Waals surface area contributed by atoms with Gasteiger partial charge in [0.2, 0.25) is 0 Å². The van der Waals surface area contributed by atoms with Crippen molar-refractivity contribution in [2.75, 3.05) is 4.90 Å². The first kappa shape index (κ1) is 34.0. The summed E-state index contributed by atoms with van der Waals surface area (Å²) in [6, 6.07) is 82.1. The SMILES string of the molecule is c1ccc(-c2ccc(-c3cccc4ccccc34)cc2N(c2ccccc2-c2cccc3cccc(-c4ccccc4)c23)c2cccc3c2sc2ccccc23)cc1. The van der Waals surface area contributed by atoms with Gasteiger partial charge in [0.05, 0.1) is 21.8 Å². The van der Waals surface area contributed by atoms with E-state index in [4.69, 9.17) is 0 Å². The van der Waals surface area contributed by atoms with Crippen molar-refractivity contribution in [1.82, 2.24) is 0 Å². The summed E-state index contributed by atoms with van der Waals surface area (Å²) in [5.41, 5.74) is 12.9. The molecule has 0 amide bonds. The van der Waals surface area contributed by atoms with E-state index < -0.39 is 0 Å². The molecule has 0 N–H and O–H groups in total. The van der Waals surface area contributed by atoms with Crippen molar-refractivity contribution in [2.45, 2.75) is 0 Å². The average molecular weight is 756 g/mol. The van der Waals surface area contributed by atoms with Gasteiger partial charge in [0.1, 0.15) is 0 Å². The molecule has 0 saturated carbocycles. The van der Waals surface area contributed by atoms with Crippen LogP contribution in [-0.2, 0) is 0 Å². The van der Waals surface area contributed by atoms with Gasteiger partial charge in [0.15, 0.2) is 0 Å². The molecule has 272 valence electrons. The van der Waals surface area contributed by atoms with E-state index in [2.05, 4.69) is 229 Å². The highest BCUT2D eigenvalue weighted by Gasteiger charge is 2.25. The van der Waals surface area contributed by atoms with Crippen molar-refractivity contribution >= 4 is 70.1 Å². The smallest absolute Gasteiger partial charge is 0.0640 e. The molecule has 2 heteroatoms. The van der Waals surface area contributed by atoms with Crippen LogP contribution in [-0.4, -0.2) is 0 Å². The molecular formula is C56H37NS. The fourth-order valence-corrected chi connectivity index (χ4v) is 10.0. The average Bonchev–Trinajstić information content (AvgIpc) is 3.69. The summed E-state index contributed by atoms with van der Waals surface area (Å²) in [4.78, 5) is 2.55. The van der Waals surface area contributed by atoms with Gasteiger partial charge in [-0.05, 0) is 79.2 Å². The Morgan fingerprint density at radius 2 is 0.845 bits per heavy atom. The second-order valence-electron chi connectivity index (χ2n) is 14.8. The molecule has 0 radical (unpaired) electrons. The summed E-state index contributed by atoms with van der Waals surface area (Å²) in [6.07, 6.45) is 0. The lowest BCUT2D eigenvalue weighted by Crippen LogP contribution is -2.13. The Morgan fingerprint density at radius 3 is 1.66 bits per heavy atom. The number of nitrogens with zero attached hydrogens (tertiary/aromatic N) is 1. The molecule has 0 atom stereocenters. The molecule has 58 heavy (non-hydrogen) atoms. The highest BCUT2D eigenvalue weighted by molar-refractivity contribution is 7.26. The first-order chi connectivity index (χ1) is 28.8. The molecule has 0 aliphatic carbocycles. The Labute approximate surface area is 342 Å². The van der Waals surface area contributed by atoms with E-state index in [0.717, 1.165) is 17.1 Å². The highest BCUT2D eigenvalue weighted by atomic mass is 32.1. The van der Waals surface area contributed by atoms with Crippen molar-refractivity contribution in [3.05, 3.63) is 224 Å². The van der Waals surface area contributed by atoms with Gasteiger partial charge in [-0.2, -0.15) is 0 Å². The molecule has 11 aromatic rings. The van der Waals surface area contributed by atoms with E-state index in [1.165, 1.54) is 86.2 Å². The lowest BCUT2D eigenvalue weighted by molar-refractivity contribution is 1.30. The molecule has 0 bridgehead atoms. The maximum Gasteiger partial charge on any atom is 0.0640 e. The van der Waals surface area contributed by atoms with Crippen LogP contribution in [0.25, 0.3) is 86.2 Å². The van der Waals surface area contributed by atoms with Crippen molar-refractivity contribution in [2.24, 2.45) is 0 Å². The van der Waals surface area contributed by atoms with Gasteiger partial charge in [0.25, 0.3) is 0 Å². The Morgan fingerprint density at radius 1 is 0.293 bits per heavy atom. The lowest BCUT2D eigenvalue weighted by Gasteiger charge is -2.31. The third-order valence-electron chi connectivity index (χ3n) is 11.5. The third-order valence-corrected chi connectivity index (χ3v) is 12.7. The summed E-state index contributed by atoms with van der Waals surface area (Å²) in [7, 11) is 0. The summed E-state index contributed by atoms with van der Waals surface area (Å²) in [5.74, 6) is 0. The molecule has 0 aliphatic heterocycles. The summed E-state index contributed by atoms with van der Waals surface area (Å²) >= 11 is 1.87. The van der Waals surface area contributed by atoms with Gasteiger partial charge < -0.3 is 4.90 Å². The van der Waals surface area contributed by atoms with Crippen molar-refractivity contribution < 1.29 is 0 Å². The van der Waals surface area contributed by atoms with Crippen LogP contribution in [0.5, 0.6) is 0 Å². The van der Waals surface area contributed by atoms with Crippen LogP contribution in [0.4, 0.5) is 17.1 Å². The van der Waals surface area contributed by atoms with Crippen molar-refractivity contribution in [3.8, 4) is 44.5 Å². The van der Waals surface area contributed by atoms with Gasteiger partial charge in [-0.3, -0.25) is 0 Å². The van der Waals surface area contributed by atoms with Crippen LogP contribution in [0.1, 0.15) is 0 Å². The first-order valence-corrected chi connectivity index (χ1v) is 20.7. The Balaban J connectivity index is 1.25. The first-order valence-electron chi connectivity index (χ1n) is 19.8. The molecule has 0 spiro atoms. The van der Waals surface area contributed by atoms with Crippen molar-refractivity contribution in [3.63, 3.8) is 0 Å². The number of thiophene rings is 1. The van der Waals surface area contributed by atoms with E-state index in [9.17, 15) is 0 Å². The van der Waals surface area contributed by atoms with E-state index in [-0.39, 0.29) is 0 Å². The monoisotopic (exact) mass is 755 g/mol. The minimum Gasteiger partial charge on any atom is -0.308 e. The zero-order valence-electron chi connectivity index (χ0n) is 31.7. The third kappa shape index (κ3) is 5.77. The maximum absolute atomic E-state index is 2.55. The van der Waals surface area contributed by atoms with Gasteiger partial charge in [0, 0.05) is 26.6 Å². The Hall–Kier alpha value is -7.26. The predicted molar refractivity (Wildman–Crippen MR) is 251 cm³/mol. The van der Waals surface area contributed by atoms with Crippen molar-refractivity contribution in [1.29, 1.82) is 0 Å². The lowest BCUT2D eigenvalue weighted by atomic mass is 9.90. The van der Waals surface area contributed by atoms with Crippen LogP contribution in [0.15, 0.2) is 224 Å². The molecule has 1 nitrogen and oxygen atoms in total. The quantitative estimate of drug-likeness (QED) is 0.157. The van der Waals surface area contributed by atoms with Gasteiger partial charge >= 0.3 is 0 Å². The van der Waals surface area contributed by atoms with Crippen LogP contribution in [0.2, 0.25) is 0 Å². The zero-order valence-corrected chi connectivity index (χ0v) is 32.5. The van der Waals surface area contributed by atoms with Crippen LogP contribution in [0.3, 0.4) is 0 Å². The van der Waals surface area contributed by atoms with Crippen LogP contribution < -0.4 is 4.90 Å². The minimum atomic E-state index is 1.12. The van der Waals surface area contributed by atoms with E-state index in [0.29, 0.717) is 0 Å². The summed E-state index contributed by atoms with van der Waals surface area (Å²) < 4.78 is 2.54. The topological polar surface area (TPSA) is 3.24 Å². The number of hydrogen-bond acceptors (Lipinski definition) is 2. The second kappa shape index (κ2) is 14.4. The van der Waals surface area contributed by atoms with E-state index in [1.54, 1.807) is 0 Å². The number of benzene rings is 10. The number of hydrogen-bond donors (Lipinski definition) is 0. The van der Waals surface area contributed by atoms with Gasteiger partial charge in [-0.15, -0.1) is 11.3 Å². The zero-order chi connectivity index (χ0) is 38.4. The van der Waals surface area contributed by atoms with Gasteiger partial charge in [-0.25, -0.2) is 0 Å². The fourth-order valence-electron chi connectivity index (χ4n) is 8.84. The molecule has 11 rings (SSSR count). The molecule has 0 fully saturated rings. The standard InChI is InChI=1S/C56H37NS/c1-3-17-39(18-4-1)45-36-35-42(44-28-13-22-38-21-7-8-25-43(38)44)37-53(45)57(52-33-16-31-50-48-27-10-12-34-54(48)58-56(50)52)51-32-11-9-26-47(51)49-30-15-24-41-23-14-29-46(55(41)49)40-19-5-2-6-20-40/h1-37H. The number of rotatable bonds is 7. The second-order valence-corrected chi connectivity index (χ2v) is 15.9. The highest BCUT2D eigenvalue weighted by Crippen LogP contribution is 2.51. The number of para-hydroxylation sites is 1. The maximum atomic E-state index is 2.55. The largest absolute Gasteiger partial charge is 0.308 e. The summed E-state index contributed by atoms with van der Waals surface area (Å²) in [6.45, 7) is 0. The fraction of sp³-hybridized carbons (Fsp3) is 0. The van der Waals surface area contributed by atoms with E-state index >= 15 is 0 Å². The molecule has 0 unspecified atom stereocenters. The molecule has 1 heterocycles. The molecule has 0 saturated heterocycles.